The van der Waals surface area contributed by atoms with E-state index in [1.165, 1.54) is 0 Å². The Morgan fingerprint density at radius 2 is 1.96 bits per heavy atom. The van der Waals surface area contributed by atoms with Crippen LogP contribution in [0.3, 0.4) is 0 Å². The van der Waals surface area contributed by atoms with Crippen LogP contribution in [0.15, 0.2) is 36.4 Å². The maximum absolute atomic E-state index is 12.3. The summed E-state index contributed by atoms with van der Waals surface area (Å²) in [6, 6.07) is 11.1. The molecule has 0 radical (unpaired) electrons. The van der Waals surface area contributed by atoms with Crippen LogP contribution >= 0.6 is 0 Å². The Morgan fingerprint density at radius 3 is 2.60 bits per heavy atom. The molecule has 1 heterocycles. The fraction of sp³-hybridized carbons (Fsp3) is 0.389. The number of aromatic nitrogens is 2. The van der Waals surface area contributed by atoms with E-state index in [0.717, 1.165) is 25.1 Å². The van der Waals surface area contributed by atoms with Gasteiger partial charge in [0.15, 0.2) is 5.69 Å². The molecular formula is C18H23N5O2. The second-order valence-corrected chi connectivity index (χ2v) is 6.48. The van der Waals surface area contributed by atoms with E-state index < -0.39 is 0 Å². The number of anilines is 1. The number of carbonyl (C=O) groups is 2. The molecule has 0 bridgehead atoms. The second-order valence-electron chi connectivity index (χ2n) is 6.48. The molecule has 2 aromatic rings. The van der Waals surface area contributed by atoms with Crippen molar-refractivity contribution in [2.24, 2.45) is 5.92 Å². The standard InChI is InChI=1S/C18H23N5O2/c1-22(2)11-10-19-18(25)15-12-16(20-17(24)13-8-9-13)23(21-15)14-6-4-3-5-7-14/h3-7,12-13H,8-11H2,1-2H3,(H,19,25)(H,20,24). The average molecular weight is 341 g/mol. The van der Waals surface area contributed by atoms with Crippen molar-refractivity contribution in [1.29, 1.82) is 0 Å². The van der Waals surface area contributed by atoms with Crippen LogP contribution in [0.4, 0.5) is 5.82 Å². The van der Waals surface area contributed by atoms with Crippen LogP contribution in [0.2, 0.25) is 0 Å². The number of rotatable bonds is 7. The van der Waals surface area contributed by atoms with Gasteiger partial charge < -0.3 is 15.5 Å². The molecule has 0 spiro atoms. The molecule has 132 valence electrons. The summed E-state index contributed by atoms with van der Waals surface area (Å²) in [7, 11) is 3.89. The van der Waals surface area contributed by atoms with Crippen molar-refractivity contribution in [2.75, 3.05) is 32.5 Å². The minimum atomic E-state index is -0.251. The highest BCUT2D eigenvalue weighted by atomic mass is 16.2. The third-order valence-electron chi connectivity index (χ3n) is 3.99. The predicted octanol–water partition coefficient (Wildman–Crippen LogP) is 1.51. The molecule has 2 amide bonds. The highest BCUT2D eigenvalue weighted by Crippen LogP contribution is 2.30. The number of benzene rings is 1. The van der Waals surface area contributed by atoms with E-state index in [1.807, 2.05) is 49.3 Å². The van der Waals surface area contributed by atoms with Crippen molar-refractivity contribution in [1.82, 2.24) is 20.0 Å². The van der Waals surface area contributed by atoms with Crippen molar-refractivity contribution in [3.8, 4) is 5.69 Å². The molecule has 2 N–H and O–H groups in total. The van der Waals surface area contributed by atoms with Gasteiger partial charge in [0.2, 0.25) is 5.91 Å². The van der Waals surface area contributed by atoms with Gasteiger partial charge >= 0.3 is 0 Å². The summed E-state index contributed by atoms with van der Waals surface area (Å²) in [6.07, 6.45) is 1.84. The molecule has 7 heteroatoms. The van der Waals surface area contributed by atoms with Gasteiger partial charge in [-0.1, -0.05) is 18.2 Å². The Balaban J connectivity index is 1.80. The number of nitrogens with one attached hydrogen (secondary N) is 2. The Morgan fingerprint density at radius 1 is 1.24 bits per heavy atom. The van der Waals surface area contributed by atoms with Crippen LogP contribution in [0.5, 0.6) is 0 Å². The fourth-order valence-electron chi connectivity index (χ4n) is 2.40. The summed E-state index contributed by atoms with van der Waals surface area (Å²) in [5, 5.41) is 10.1. The maximum atomic E-state index is 12.3. The quantitative estimate of drug-likeness (QED) is 0.800. The van der Waals surface area contributed by atoms with Gasteiger partial charge in [0.1, 0.15) is 5.82 Å². The lowest BCUT2D eigenvalue weighted by Crippen LogP contribution is -2.31. The molecule has 1 fully saturated rings. The minimum Gasteiger partial charge on any atom is -0.349 e. The lowest BCUT2D eigenvalue weighted by atomic mass is 10.3. The van der Waals surface area contributed by atoms with Crippen LogP contribution in [-0.4, -0.2) is 53.7 Å². The zero-order chi connectivity index (χ0) is 17.8. The van der Waals surface area contributed by atoms with Crippen LogP contribution < -0.4 is 10.6 Å². The van der Waals surface area contributed by atoms with Crippen molar-refractivity contribution in [3.05, 3.63) is 42.1 Å². The Hall–Kier alpha value is -2.67. The summed E-state index contributed by atoms with van der Waals surface area (Å²) in [5.74, 6) is 0.326. The Kier molecular flexibility index (Phi) is 5.14. The van der Waals surface area contributed by atoms with Crippen LogP contribution in [-0.2, 0) is 4.79 Å². The van der Waals surface area contributed by atoms with E-state index in [0.29, 0.717) is 12.4 Å². The van der Waals surface area contributed by atoms with E-state index in [2.05, 4.69) is 15.7 Å². The Bertz CT molecular complexity index is 750. The number of amides is 2. The van der Waals surface area contributed by atoms with Gasteiger partial charge in [-0.25, -0.2) is 4.68 Å². The van der Waals surface area contributed by atoms with Crippen molar-refractivity contribution >= 4 is 17.6 Å². The smallest absolute Gasteiger partial charge is 0.271 e. The van der Waals surface area contributed by atoms with E-state index >= 15 is 0 Å². The molecule has 0 atom stereocenters. The lowest BCUT2D eigenvalue weighted by molar-refractivity contribution is -0.117. The van der Waals surface area contributed by atoms with Gasteiger partial charge in [0.25, 0.3) is 5.91 Å². The number of nitrogens with zero attached hydrogens (tertiary/aromatic N) is 3. The molecular weight excluding hydrogens is 318 g/mol. The molecule has 1 aromatic carbocycles. The predicted molar refractivity (Wildman–Crippen MR) is 95.8 cm³/mol. The summed E-state index contributed by atoms with van der Waals surface area (Å²) >= 11 is 0. The zero-order valence-corrected chi connectivity index (χ0v) is 14.5. The monoisotopic (exact) mass is 341 g/mol. The first kappa shape index (κ1) is 17.2. The second kappa shape index (κ2) is 7.48. The van der Waals surface area contributed by atoms with Crippen molar-refractivity contribution in [2.45, 2.75) is 12.8 Å². The molecule has 0 saturated heterocycles. The summed E-state index contributed by atoms with van der Waals surface area (Å²) in [6.45, 7) is 1.28. The topological polar surface area (TPSA) is 79.3 Å². The van der Waals surface area contributed by atoms with Gasteiger partial charge in [-0.05, 0) is 39.1 Å². The first-order valence-corrected chi connectivity index (χ1v) is 8.44. The average Bonchev–Trinajstić information content (AvgIpc) is 3.36. The normalized spacial score (nSPS) is 13.7. The Labute approximate surface area is 147 Å². The first-order valence-electron chi connectivity index (χ1n) is 8.44. The van der Waals surface area contributed by atoms with Crippen LogP contribution in [0, 0.1) is 5.92 Å². The van der Waals surface area contributed by atoms with Gasteiger partial charge in [-0.2, -0.15) is 5.10 Å². The highest BCUT2D eigenvalue weighted by molar-refractivity contribution is 5.97. The number of para-hydroxylation sites is 1. The van der Waals surface area contributed by atoms with Crippen LogP contribution in [0.1, 0.15) is 23.3 Å². The van der Waals surface area contributed by atoms with Crippen LogP contribution in [0.25, 0.3) is 5.69 Å². The van der Waals surface area contributed by atoms with Gasteiger partial charge in [0.05, 0.1) is 5.69 Å². The lowest BCUT2D eigenvalue weighted by Gasteiger charge is -2.09. The maximum Gasteiger partial charge on any atom is 0.271 e. The van der Waals surface area contributed by atoms with Crippen molar-refractivity contribution < 1.29 is 9.59 Å². The molecule has 1 aliphatic rings. The summed E-state index contributed by atoms with van der Waals surface area (Å²) in [5.41, 5.74) is 1.08. The van der Waals surface area contributed by atoms with E-state index in [9.17, 15) is 9.59 Å². The largest absolute Gasteiger partial charge is 0.349 e. The molecule has 0 unspecified atom stereocenters. The molecule has 7 nitrogen and oxygen atoms in total. The number of likely N-dealkylation sites (N-methyl/N-ethyl adjacent to an activating group) is 1. The summed E-state index contributed by atoms with van der Waals surface area (Å²) in [4.78, 5) is 26.5. The number of hydrogen-bond acceptors (Lipinski definition) is 4. The number of carbonyl (C=O) groups excluding carboxylic acids is 2. The molecule has 1 aromatic heterocycles. The molecule has 25 heavy (non-hydrogen) atoms. The van der Waals surface area contributed by atoms with E-state index in [1.54, 1.807) is 10.7 Å². The third-order valence-corrected chi connectivity index (χ3v) is 3.99. The first-order chi connectivity index (χ1) is 12.0. The van der Waals surface area contributed by atoms with E-state index in [4.69, 9.17) is 0 Å². The van der Waals surface area contributed by atoms with Gasteiger partial charge in [-0.3, -0.25) is 9.59 Å². The fourth-order valence-corrected chi connectivity index (χ4v) is 2.40. The van der Waals surface area contributed by atoms with Gasteiger partial charge in [-0.15, -0.1) is 0 Å². The van der Waals surface area contributed by atoms with E-state index in [-0.39, 0.29) is 23.4 Å². The van der Waals surface area contributed by atoms with Gasteiger partial charge in [0, 0.05) is 25.1 Å². The summed E-state index contributed by atoms with van der Waals surface area (Å²) < 4.78 is 1.60. The zero-order valence-electron chi connectivity index (χ0n) is 14.5. The minimum absolute atomic E-state index is 0.0170. The third kappa shape index (κ3) is 4.45. The highest BCUT2D eigenvalue weighted by Gasteiger charge is 2.30. The molecule has 0 aliphatic heterocycles. The molecule has 3 rings (SSSR count). The number of hydrogen-bond donors (Lipinski definition) is 2. The van der Waals surface area contributed by atoms with Crippen molar-refractivity contribution in [3.63, 3.8) is 0 Å². The molecule has 1 aliphatic carbocycles. The SMILES string of the molecule is CN(C)CCNC(=O)c1cc(NC(=O)C2CC2)n(-c2ccccc2)n1. The molecule has 1 saturated carbocycles.